The maximum absolute atomic E-state index is 13.4. The third-order valence-corrected chi connectivity index (χ3v) is 6.80. The van der Waals surface area contributed by atoms with Crippen LogP contribution in [0, 0.1) is 0 Å². The van der Waals surface area contributed by atoms with Crippen molar-refractivity contribution >= 4 is 46.8 Å². The van der Waals surface area contributed by atoms with E-state index in [0.717, 1.165) is 11.5 Å². The predicted molar refractivity (Wildman–Crippen MR) is 127 cm³/mol. The molecule has 1 fully saturated rings. The number of primary amides is 1. The van der Waals surface area contributed by atoms with Crippen molar-refractivity contribution in [2.45, 2.75) is 0 Å². The van der Waals surface area contributed by atoms with E-state index in [1.54, 1.807) is 24.4 Å². The number of hydrogen-bond donors (Lipinski definition) is 1. The van der Waals surface area contributed by atoms with E-state index in [9.17, 15) is 9.59 Å². The van der Waals surface area contributed by atoms with E-state index in [4.69, 9.17) is 28.9 Å². The van der Waals surface area contributed by atoms with Crippen molar-refractivity contribution in [2.75, 3.05) is 24.6 Å². The van der Waals surface area contributed by atoms with Crippen molar-refractivity contribution in [3.63, 3.8) is 0 Å². The Balaban J connectivity index is 1.89. The lowest BCUT2D eigenvalue weighted by Crippen LogP contribution is -2.38. The normalized spacial score (nSPS) is 13.8. The van der Waals surface area contributed by atoms with Gasteiger partial charge in [0, 0.05) is 52.5 Å². The Kier molecular flexibility index (Phi) is 6.51. The van der Waals surface area contributed by atoms with Gasteiger partial charge in [0.1, 0.15) is 0 Å². The van der Waals surface area contributed by atoms with Crippen molar-refractivity contribution in [2.24, 2.45) is 5.73 Å². The van der Waals surface area contributed by atoms with E-state index < -0.39 is 5.91 Å². The number of rotatable bonds is 4. The van der Waals surface area contributed by atoms with Crippen molar-refractivity contribution in [3.05, 3.63) is 75.9 Å². The molecule has 0 spiro atoms. The number of halogens is 2. The molecule has 0 bridgehead atoms. The molecular formula is C23H19Cl2N3O2S. The molecule has 0 saturated carbocycles. The lowest BCUT2D eigenvalue weighted by molar-refractivity contribution is 0.0772. The van der Waals surface area contributed by atoms with Crippen LogP contribution in [0.2, 0.25) is 10.0 Å². The Hall–Kier alpha value is -2.54. The fourth-order valence-electron chi connectivity index (χ4n) is 3.56. The fraction of sp³-hybridized carbons (Fsp3) is 0.174. The molecule has 1 aliphatic heterocycles. The molecule has 0 aliphatic carbocycles. The van der Waals surface area contributed by atoms with E-state index in [-0.39, 0.29) is 16.5 Å². The van der Waals surface area contributed by atoms with Crippen LogP contribution in [0.3, 0.4) is 0 Å². The van der Waals surface area contributed by atoms with Gasteiger partial charge in [-0.2, -0.15) is 11.8 Å². The Bertz CT molecular complexity index is 1150. The maximum Gasteiger partial charge on any atom is 0.254 e. The summed E-state index contributed by atoms with van der Waals surface area (Å²) in [5.74, 6) is 0.999. The van der Waals surface area contributed by atoms with Gasteiger partial charge in [-0.05, 0) is 42.0 Å². The third kappa shape index (κ3) is 4.42. The van der Waals surface area contributed by atoms with Crippen LogP contribution in [-0.2, 0) is 0 Å². The minimum absolute atomic E-state index is 0.123. The fourth-order valence-corrected chi connectivity index (χ4v) is 5.05. The summed E-state index contributed by atoms with van der Waals surface area (Å²) in [4.78, 5) is 31.5. The highest BCUT2D eigenvalue weighted by molar-refractivity contribution is 7.99. The minimum Gasteiger partial charge on any atom is -0.366 e. The molecule has 0 radical (unpaired) electrons. The summed E-state index contributed by atoms with van der Waals surface area (Å²) in [6.07, 6.45) is 1.68. The summed E-state index contributed by atoms with van der Waals surface area (Å²) in [5, 5.41) is 0.671. The summed E-state index contributed by atoms with van der Waals surface area (Å²) >= 11 is 14.9. The molecule has 31 heavy (non-hydrogen) atoms. The number of benzene rings is 2. The molecule has 0 atom stereocenters. The first-order valence-corrected chi connectivity index (χ1v) is 11.6. The second-order valence-corrected chi connectivity index (χ2v) is 9.04. The van der Waals surface area contributed by atoms with Gasteiger partial charge in [0.15, 0.2) is 0 Å². The zero-order valence-corrected chi connectivity index (χ0v) is 18.8. The smallest absolute Gasteiger partial charge is 0.254 e. The molecular weight excluding hydrogens is 453 g/mol. The van der Waals surface area contributed by atoms with Gasteiger partial charge in [-0.25, -0.2) is 0 Å². The number of nitrogens with two attached hydrogens (primary N) is 1. The van der Waals surface area contributed by atoms with E-state index in [2.05, 4.69) is 4.98 Å². The molecule has 2 amide bonds. The molecule has 4 rings (SSSR count). The number of nitrogens with zero attached hydrogens (tertiary/aromatic N) is 2. The number of carbonyl (C=O) groups excluding carboxylic acids is 2. The average Bonchev–Trinajstić information content (AvgIpc) is 2.80. The minimum atomic E-state index is -0.654. The molecule has 3 aromatic rings. The van der Waals surface area contributed by atoms with Gasteiger partial charge < -0.3 is 10.6 Å². The number of thioether (sulfide) groups is 1. The summed E-state index contributed by atoms with van der Waals surface area (Å²) in [6.45, 7) is 1.33. The quantitative estimate of drug-likeness (QED) is 0.579. The van der Waals surface area contributed by atoms with Crippen molar-refractivity contribution in [1.82, 2.24) is 9.88 Å². The number of carbonyl (C=O) groups is 2. The standard InChI is InChI=1S/C23H19Cl2N3O2S/c24-18-7-4-14(13-17(18)19-3-1-2-8-27-19)20-15(5-6-16(21(20)25)22(26)29)23(30)28-9-11-31-12-10-28/h1-8,13H,9-12H2,(H2,26,29). The lowest BCUT2D eigenvalue weighted by atomic mass is 9.94. The highest BCUT2D eigenvalue weighted by atomic mass is 35.5. The molecule has 5 nitrogen and oxygen atoms in total. The largest absolute Gasteiger partial charge is 0.366 e. The number of amides is 2. The highest BCUT2D eigenvalue weighted by Gasteiger charge is 2.25. The van der Waals surface area contributed by atoms with Crippen LogP contribution in [0.5, 0.6) is 0 Å². The molecule has 1 aromatic heterocycles. The Morgan fingerprint density at radius 1 is 1.00 bits per heavy atom. The summed E-state index contributed by atoms with van der Waals surface area (Å²) < 4.78 is 0. The van der Waals surface area contributed by atoms with Crippen LogP contribution >= 0.6 is 35.0 Å². The van der Waals surface area contributed by atoms with Crippen molar-refractivity contribution in [3.8, 4) is 22.4 Å². The molecule has 8 heteroatoms. The van der Waals surface area contributed by atoms with Crippen LogP contribution in [0.1, 0.15) is 20.7 Å². The highest BCUT2D eigenvalue weighted by Crippen LogP contribution is 2.38. The lowest BCUT2D eigenvalue weighted by Gasteiger charge is -2.27. The van der Waals surface area contributed by atoms with Gasteiger partial charge in [0.05, 0.1) is 16.3 Å². The summed E-state index contributed by atoms with van der Waals surface area (Å²) in [5.41, 5.74) is 8.64. The SMILES string of the molecule is NC(=O)c1ccc(C(=O)N2CCSCC2)c(-c2ccc(Cl)c(-c3ccccn3)c2)c1Cl. The second-order valence-electron chi connectivity index (χ2n) is 7.03. The van der Waals surface area contributed by atoms with E-state index in [1.165, 1.54) is 6.07 Å². The first-order valence-electron chi connectivity index (χ1n) is 9.68. The van der Waals surface area contributed by atoms with Crippen LogP contribution < -0.4 is 5.73 Å². The summed E-state index contributed by atoms with van der Waals surface area (Å²) in [6, 6.07) is 14.0. The van der Waals surface area contributed by atoms with E-state index >= 15 is 0 Å². The van der Waals surface area contributed by atoms with Gasteiger partial charge in [-0.1, -0.05) is 35.3 Å². The average molecular weight is 472 g/mol. The molecule has 2 aromatic carbocycles. The van der Waals surface area contributed by atoms with Crippen molar-refractivity contribution < 1.29 is 9.59 Å². The van der Waals surface area contributed by atoms with Crippen LogP contribution in [0.4, 0.5) is 0 Å². The van der Waals surface area contributed by atoms with Gasteiger partial charge in [0.25, 0.3) is 5.91 Å². The number of aromatic nitrogens is 1. The molecule has 158 valence electrons. The Morgan fingerprint density at radius 3 is 2.42 bits per heavy atom. The number of hydrogen-bond acceptors (Lipinski definition) is 4. The molecule has 2 N–H and O–H groups in total. The Morgan fingerprint density at radius 2 is 1.74 bits per heavy atom. The zero-order chi connectivity index (χ0) is 22.0. The van der Waals surface area contributed by atoms with Gasteiger partial charge in [-0.3, -0.25) is 14.6 Å². The summed E-state index contributed by atoms with van der Waals surface area (Å²) in [7, 11) is 0. The van der Waals surface area contributed by atoms with E-state index in [0.29, 0.717) is 46.1 Å². The first-order chi connectivity index (χ1) is 15.0. The predicted octanol–water partition coefficient (Wildman–Crippen LogP) is 5.01. The van der Waals surface area contributed by atoms with E-state index in [1.807, 2.05) is 40.9 Å². The first kappa shape index (κ1) is 21.7. The second kappa shape index (κ2) is 9.30. The van der Waals surface area contributed by atoms with Gasteiger partial charge in [-0.15, -0.1) is 0 Å². The van der Waals surface area contributed by atoms with Crippen LogP contribution in [-0.4, -0.2) is 46.3 Å². The Labute approximate surface area is 194 Å². The molecule has 2 heterocycles. The van der Waals surface area contributed by atoms with Crippen molar-refractivity contribution in [1.29, 1.82) is 0 Å². The molecule has 1 aliphatic rings. The van der Waals surface area contributed by atoms with Crippen LogP contribution in [0.25, 0.3) is 22.4 Å². The van der Waals surface area contributed by atoms with Gasteiger partial charge in [0.2, 0.25) is 5.91 Å². The third-order valence-electron chi connectivity index (χ3n) is 5.13. The monoisotopic (exact) mass is 471 g/mol. The van der Waals surface area contributed by atoms with Gasteiger partial charge >= 0.3 is 0 Å². The zero-order valence-electron chi connectivity index (χ0n) is 16.5. The van der Waals surface area contributed by atoms with Crippen LogP contribution in [0.15, 0.2) is 54.7 Å². The number of pyridine rings is 1. The molecule has 0 unspecified atom stereocenters. The maximum atomic E-state index is 13.4. The molecule has 1 saturated heterocycles. The topological polar surface area (TPSA) is 76.3 Å².